The van der Waals surface area contributed by atoms with Gasteiger partial charge in [-0.2, -0.15) is 0 Å². The number of hydrogen-bond donors (Lipinski definition) is 2. The van der Waals surface area contributed by atoms with E-state index >= 15 is 0 Å². The summed E-state index contributed by atoms with van der Waals surface area (Å²) in [7, 11) is 0. The molecule has 0 aliphatic carbocycles. The van der Waals surface area contributed by atoms with Gasteiger partial charge in [0, 0.05) is 16.5 Å². The van der Waals surface area contributed by atoms with E-state index in [1.165, 1.54) is 11.3 Å². The Bertz CT molecular complexity index is 1130. The highest BCUT2D eigenvalue weighted by atomic mass is 32.1. The quantitative estimate of drug-likeness (QED) is 0.525. The van der Waals surface area contributed by atoms with Gasteiger partial charge in [0.1, 0.15) is 0 Å². The molecule has 0 unspecified atom stereocenters. The average Bonchev–Trinajstić information content (AvgIpc) is 3.25. The van der Waals surface area contributed by atoms with Crippen molar-refractivity contribution in [1.29, 1.82) is 0 Å². The van der Waals surface area contributed by atoms with Gasteiger partial charge in [0.25, 0.3) is 5.91 Å². The third-order valence-corrected chi connectivity index (χ3v) is 4.99. The fourth-order valence-electron chi connectivity index (χ4n) is 2.82. The number of pyridine rings is 2. The second kappa shape index (κ2) is 7.98. The van der Waals surface area contributed by atoms with Gasteiger partial charge in [0.05, 0.1) is 28.9 Å². The Morgan fingerprint density at radius 3 is 2.57 bits per heavy atom. The molecule has 138 valence electrons. The minimum Gasteiger partial charge on any atom is -0.273 e. The monoisotopic (exact) mass is 388 g/mol. The molecule has 3 heterocycles. The minimum atomic E-state index is -0.407. The van der Waals surface area contributed by atoms with Crippen LogP contribution in [0.2, 0.25) is 0 Å². The Hall–Kier alpha value is -3.58. The molecule has 0 atom stereocenters. The highest BCUT2D eigenvalue weighted by Crippen LogP contribution is 2.23. The number of carbonyl (C=O) groups excluding carboxylic acids is 2. The van der Waals surface area contributed by atoms with Crippen molar-refractivity contribution in [3.63, 3.8) is 0 Å². The maximum atomic E-state index is 12.8. The molecule has 6 nitrogen and oxygen atoms in total. The van der Waals surface area contributed by atoms with Gasteiger partial charge >= 0.3 is 0 Å². The van der Waals surface area contributed by atoms with Crippen molar-refractivity contribution in [3.8, 4) is 11.4 Å². The topological polar surface area (TPSA) is 84.0 Å². The number of thiophene rings is 1. The standard InChI is InChI=1S/C21H16N4O2S/c26-20(12-14-6-5-11-28-14)24-25-21(27)16-13-19(18-9-3-4-10-22-18)23-17-8-2-1-7-15(16)17/h1-11,13H,12H2,(H,24,26)(H,25,27). The Morgan fingerprint density at radius 2 is 1.79 bits per heavy atom. The summed E-state index contributed by atoms with van der Waals surface area (Å²) in [6, 6.07) is 18.3. The maximum Gasteiger partial charge on any atom is 0.270 e. The van der Waals surface area contributed by atoms with Gasteiger partial charge < -0.3 is 0 Å². The number of nitrogens with zero attached hydrogens (tertiary/aromatic N) is 2. The van der Waals surface area contributed by atoms with Crippen molar-refractivity contribution >= 4 is 34.1 Å². The number of carbonyl (C=O) groups is 2. The summed E-state index contributed by atoms with van der Waals surface area (Å²) in [5.41, 5.74) is 7.34. The van der Waals surface area contributed by atoms with Crippen molar-refractivity contribution in [3.05, 3.63) is 82.7 Å². The Balaban J connectivity index is 1.59. The van der Waals surface area contributed by atoms with Gasteiger partial charge in [-0.15, -0.1) is 11.3 Å². The number of hydrazine groups is 1. The molecule has 2 N–H and O–H groups in total. The van der Waals surface area contributed by atoms with Crippen LogP contribution in [0, 0.1) is 0 Å². The normalized spacial score (nSPS) is 10.6. The lowest BCUT2D eigenvalue weighted by Crippen LogP contribution is -2.42. The molecule has 0 fully saturated rings. The van der Waals surface area contributed by atoms with E-state index in [1.54, 1.807) is 12.3 Å². The zero-order valence-electron chi connectivity index (χ0n) is 14.8. The maximum absolute atomic E-state index is 12.8. The summed E-state index contributed by atoms with van der Waals surface area (Å²) in [6.07, 6.45) is 1.89. The van der Waals surface area contributed by atoms with E-state index < -0.39 is 5.91 Å². The Labute approximate surface area is 165 Å². The van der Waals surface area contributed by atoms with Crippen LogP contribution in [0.4, 0.5) is 0 Å². The fourth-order valence-corrected chi connectivity index (χ4v) is 3.52. The third kappa shape index (κ3) is 3.89. The summed E-state index contributed by atoms with van der Waals surface area (Å²) in [6.45, 7) is 0. The fraction of sp³-hybridized carbons (Fsp3) is 0.0476. The molecule has 28 heavy (non-hydrogen) atoms. The zero-order valence-corrected chi connectivity index (χ0v) is 15.6. The van der Waals surface area contributed by atoms with E-state index in [4.69, 9.17) is 0 Å². The molecule has 0 aliphatic heterocycles. The van der Waals surface area contributed by atoms with E-state index in [0.717, 1.165) is 4.88 Å². The van der Waals surface area contributed by atoms with Crippen molar-refractivity contribution in [2.45, 2.75) is 6.42 Å². The van der Waals surface area contributed by atoms with Crippen molar-refractivity contribution < 1.29 is 9.59 Å². The van der Waals surface area contributed by atoms with Crippen LogP contribution in [0.3, 0.4) is 0 Å². The van der Waals surface area contributed by atoms with E-state index in [1.807, 2.05) is 60.0 Å². The number of aromatic nitrogens is 2. The van der Waals surface area contributed by atoms with Crippen LogP contribution in [-0.4, -0.2) is 21.8 Å². The molecule has 3 aromatic heterocycles. The molecule has 0 bridgehead atoms. The van der Waals surface area contributed by atoms with Gasteiger partial charge in [-0.1, -0.05) is 30.3 Å². The predicted octanol–water partition coefficient (Wildman–Crippen LogP) is 3.36. The highest BCUT2D eigenvalue weighted by molar-refractivity contribution is 7.10. The number of nitrogens with one attached hydrogen (secondary N) is 2. The second-order valence-corrected chi connectivity index (χ2v) is 7.08. The first-order valence-corrected chi connectivity index (χ1v) is 9.51. The summed E-state index contributed by atoms with van der Waals surface area (Å²) in [4.78, 5) is 34.7. The smallest absolute Gasteiger partial charge is 0.270 e. The van der Waals surface area contributed by atoms with Crippen LogP contribution in [0.15, 0.2) is 72.2 Å². The molecule has 0 radical (unpaired) electrons. The molecule has 0 saturated heterocycles. The summed E-state index contributed by atoms with van der Waals surface area (Å²) in [5.74, 6) is -0.686. The van der Waals surface area contributed by atoms with Crippen LogP contribution >= 0.6 is 11.3 Å². The van der Waals surface area contributed by atoms with Crippen LogP contribution in [0.1, 0.15) is 15.2 Å². The summed E-state index contributed by atoms with van der Waals surface area (Å²) in [5, 5.41) is 2.61. The summed E-state index contributed by atoms with van der Waals surface area (Å²) >= 11 is 1.49. The first-order valence-electron chi connectivity index (χ1n) is 8.63. The first kappa shape index (κ1) is 17.8. The van der Waals surface area contributed by atoms with E-state index in [0.29, 0.717) is 27.9 Å². The molecule has 1 aromatic carbocycles. The Kier molecular flexibility index (Phi) is 5.07. The first-order chi connectivity index (χ1) is 13.7. The lowest BCUT2D eigenvalue weighted by atomic mass is 10.1. The SMILES string of the molecule is O=C(Cc1cccs1)NNC(=O)c1cc(-c2ccccn2)nc2ccccc12. The molecule has 0 spiro atoms. The number of benzene rings is 1. The lowest BCUT2D eigenvalue weighted by Gasteiger charge is -2.11. The predicted molar refractivity (Wildman–Crippen MR) is 109 cm³/mol. The van der Waals surface area contributed by atoms with E-state index in [9.17, 15) is 9.59 Å². The van der Waals surface area contributed by atoms with Crippen LogP contribution in [0.5, 0.6) is 0 Å². The van der Waals surface area contributed by atoms with Gasteiger partial charge in [-0.3, -0.25) is 25.4 Å². The molecular weight excluding hydrogens is 372 g/mol. The van der Waals surface area contributed by atoms with Crippen LogP contribution in [0.25, 0.3) is 22.3 Å². The number of amides is 2. The van der Waals surface area contributed by atoms with Gasteiger partial charge in [-0.25, -0.2) is 4.98 Å². The average molecular weight is 388 g/mol. The van der Waals surface area contributed by atoms with Crippen molar-refractivity contribution in [2.24, 2.45) is 0 Å². The second-order valence-electron chi connectivity index (χ2n) is 6.05. The lowest BCUT2D eigenvalue weighted by molar-refractivity contribution is -0.121. The highest BCUT2D eigenvalue weighted by Gasteiger charge is 2.15. The van der Waals surface area contributed by atoms with Crippen molar-refractivity contribution in [1.82, 2.24) is 20.8 Å². The third-order valence-electron chi connectivity index (χ3n) is 4.12. The van der Waals surface area contributed by atoms with Crippen LogP contribution < -0.4 is 10.9 Å². The van der Waals surface area contributed by atoms with Gasteiger partial charge in [0.2, 0.25) is 5.91 Å². The van der Waals surface area contributed by atoms with E-state index in [-0.39, 0.29) is 12.3 Å². The number of para-hydroxylation sites is 1. The molecule has 0 saturated carbocycles. The van der Waals surface area contributed by atoms with Gasteiger partial charge in [0.15, 0.2) is 0 Å². The van der Waals surface area contributed by atoms with E-state index in [2.05, 4.69) is 20.8 Å². The molecule has 4 aromatic rings. The minimum absolute atomic E-state index is 0.216. The number of fused-ring (bicyclic) bond motifs is 1. The molecule has 7 heteroatoms. The molecule has 2 amide bonds. The number of rotatable bonds is 4. The largest absolute Gasteiger partial charge is 0.273 e. The Morgan fingerprint density at radius 1 is 0.929 bits per heavy atom. The zero-order chi connectivity index (χ0) is 19.3. The molecule has 4 rings (SSSR count). The number of hydrogen-bond acceptors (Lipinski definition) is 5. The van der Waals surface area contributed by atoms with Gasteiger partial charge in [-0.05, 0) is 35.7 Å². The molecular formula is C21H16N4O2S. The summed E-state index contributed by atoms with van der Waals surface area (Å²) < 4.78 is 0. The van der Waals surface area contributed by atoms with Crippen molar-refractivity contribution in [2.75, 3.05) is 0 Å². The van der Waals surface area contributed by atoms with Crippen LogP contribution in [-0.2, 0) is 11.2 Å². The molecule has 0 aliphatic rings.